The molecule has 108 valence electrons. The lowest BCUT2D eigenvalue weighted by Crippen LogP contribution is -2.20. The maximum atomic E-state index is 10.5. The Morgan fingerprint density at radius 3 is 2.50 bits per heavy atom. The van der Waals surface area contributed by atoms with Crippen molar-refractivity contribution in [3.05, 3.63) is 53.3 Å². The minimum absolute atomic E-state index is 0.126. The Kier molecular flexibility index (Phi) is 4.96. The van der Waals surface area contributed by atoms with Gasteiger partial charge in [-0.05, 0) is 25.0 Å². The minimum atomic E-state index is -0.385. The highest BCUT2D eigenvalue weighted by molar-refractivity contribution is 5.21. The van der Waals surface area contributed by atoms with Crippen LogP contribution < -0.4 is 0 Å². The SMILES string of the molecule is CCc1cc(CC(O)C(C)c2ccccc2)n(CC)n1. The molecule has 2 rings (SSSR count). The maximum absolute atomic E-state index is 10.5. The fraction of sp³-hybridized carbons (Fsp3) is 0.471. The summed E-state index contributed by atoms with van der Waals surface area (Å²) < 4.78 is 2.00. The van der Waals surface area contributed by atoms with E-state index in [9.17, 15) is 5.11 Å². The van der Waals surface area contributed by atoms with Gasteiger partial charge in [0.25, 0.3) is 0 Å². The molecule has 0 aliphatic heterocycles. The molecule has 0 amide bonds. The summed E-state index contributed by atoms with van der Waals surface area (Å²) in [6, 6.07) is 12.3. The standard InChI is InChI=1S/C17H24N2O/c1-4-15-11-16(19(5-2)18-15)12-17(20)13(3)14-9-7-6-8-10-14/h6-11,13,17,20H,4-5,12H2,1-3H3. The highest BCUT2D eigenvalue weighted by atomic mass is 16.3. The quantitative estimate of drug-likeness (QED) is 0.877. The zero-order valence-electron chi connectivity index (χ0n) is 12.6. The van der Waals surface area contributed by atoms with Gasteiger partial charge in [-0.2, -0.15) is 5.10 Å². The molecule has 20 heavy (non-hydrogen) atoms. The number of aromatic nitrogens is 2. The van der Waals surface area contributed by atoms with E-state index in [1.54, 1.807) is 0 Å². The van der Waals surface area contributed by atoms with E-state index in [0.29, 0.717) is 6.42 Å². The van der Waals surface area contributed by atoms with Crippen molar-refractivity contribution < 1.29 is 5.11 Å². The average molecular weight is 272 g/mol. The number of aliphatic hydroxyl groups excluding tert-OH is 1. The summed E-state index contributed by atoms with van der Waals surface area (Å²) in [6.45, 7) is 7.12. The second kappa shape index (κ2) is 6.71. The normalized spacial score (nSPS) is 14.2. The number of aryl methyl sites for hydroxylation is 2. The summed E-state index contributed by atoms with van der Waals surface area (Å²) in [5.74, 6) is 0.126. The summed E-state index contributed by atoms with van der Waals surface area (Å²) >= 11 is 0. The van der Waals surface area contributed by atoms with Crippen LogP contribution in [0.25, 0.3) is 0 Å². The number of hydrogen-bond acceptors (Lipinski definition) is 2. The summed E-state index contributed by atoms with van der Waals surface area (Å²) in [7, 11) is 0. The fourth-order valence-electron chi connectivity index (χ4n) is 2.50. The third kappa shape index (κ3) is 3.28. The summed E-state index contributed by atoms with van der Waals surface area (Å²) in [5, 5.41) is 15.0. The molecule has 1 N–H and O–H groups in total. The Bertz CT molecular complexity index is 533. The predicted molar refractivity (Wildman–Crippen MR) is 81.8 cm³/mol. The minimum Gasteiger partial charge on any atom is -0.392 e. The number of aliphatic hydroxyl groups is 1. The molecule has 0 fully saturated rings. The van der Waals surface area contributed by atoms with Crippen LogP contribution in [0.3, 0.4) is 0 Å². The van der Waals surface area contributed by atoms with E-state index in [2.05, 4.69) is 44.1 Å². The van der Waals surface area contributed by atoms with Crippen LogP contribution in [0.15, 0.2) is 36.4 Å². The first-order chi connectivity index (χ1) is 9.65. The van der Waals surface area contributed by atoms with Gasteiger partial charge in [0, 0.05) is 24.6 Å². The largest absolute Gasteiger partial charge is 0.392 e. The molecule has 0 bridgehead atoms. The van der Waals surface area contributed by atoms with Crippen LogP contribution in [0.4, 0.5) is 0 Å². The van der Waals surface area contributed by atoms with Crippen LogP contribution in [0, 0.1) is 0 Å². The van der Waals surface area contributed by atoms with Gasteiger partial charge in [-0.15, -0.1) is 0 Å². The molecule has 2 unspecified atom stereocenters. The second-order valence-electron chi connectivity index (χ2n) is 5.27. The highest BCUT2D eigenvalue weighted by Crippen LogP contribution is 2.22. The Morgan fingerprint density at radius 2 is 1.90 bits per heavy atom. The fourth-order valence-corrected chi connectivity index (χ4v) is 2.50. The van der Waals surface area contributed by atoms with Gasteiger partial charge in [-0.1, -0.05) is 44.2 Å². The van der Waals surface area contributed by atoms with Gasteiger partial charge >= 0.3 is 0 Å². The maximum Gasteiger partial charge on any atom is 0.0661 e. The Hall–Kier alpha value is -1.61. The molecule has 1 aromatic carbocycles. The van der Waals surface area contributed by atoms with Gasteiger partial charge in [-0.3, -0.25) is 4.68 Å². The highest BCUT2D eigenvalue weighted by Gasteiger charge is 2.19. The van der Waals surface area contributed by atoms with Crippen molar-refractivity contribution in [2.24, 2.45) is 0 Å². The van der Waals surface area contributed by atoms with Gasteiger partial charge in [0.15, 0.2) is 0 Å². The summed E-state index contributed by atoms with van der Waals surface area (Å²) in [5.41, 5.74) is 3.40. The van der Waals surface area contributed by atoms with E-state index in [4.69, 9.17) is 0 Å². The smallest absolute Gasteiger partial charge is 0.0661 e. The van der Waals surface area contributed by atoms with Crippen LogP contribution >= 0.6 is 0 Å². The topological polar surface area (TPSA) is 38.0 Å². The van der Waals surface area contributed by atoms with Gasteiger partial charge in [0.05, 0.1) is 11.8 Å². The summed E-state index contributed by atoms with van der Waals surface area (Å²) in [4.78, 5) is 0. The first kappa shape index (κ1) is 14.8. The van der Waals surface area contributed by atoms with Gasteiger partial charge < -0.3 is 5.11 Å². The number of nitrogens with zero attached hydrogens (tertiary/aromatic N) is 2. The van der Waals surface area contributed by atoms with Crippen LogP contribution in [-0.4, -0.2) is 21.0 Å². The molecule has 0 radical (unpaired) electrons. The van der Waals surface area contributed by atoms with E-state index in [1.807, 2.05) is 22.9 Å². The van der Waals surface area contributed by atoms with Crippen LogP contribution in [0.5, 0.6) is 0 Å². The zero-order valence-corrected chi connectivity index (χ0v) is 12.6. The Morgan fingerprint density at radius 1 is 1.20 bits per heavy atom. The van der Waals surface area contributed by atoms with E-state index < -0.39 is 0 Å². The third-order valence-electron chi connectivity index (χ3n) is 3.90. The number of hydrogen-bond donors (Lipinski definition) is 1. The van der Waals surface area contributed by atoms with Gasteiger partial charge in [0.2, 0.25) is 0 Å². The van der Waals surface area contributed by atoms with E-state index in [0.717, 1.165) is 24.4 Å². The van der Waals surface area contributed by atoms with E-state index >= 15 is 0 Å². The molecule has 0 aliphatic rings. The van der Waals surface area contributed by atoms with Crippen molar-refractivity contribution >= 4 is 0 Å². The van der Waals surface area contributed by atoms with Crippen molar-refractivity contribution in [2.45, 2.75) is 52.2 Å². The first-order valence-corrected chi connectivity index (χ1v) is 7.44. The Labute approximate surface area is 121 Å². The molecule has 1 heterocycles. The van der Waals surface area contributed by atoms with Gasteiger partial charge in [-0.25, -0.2) is 0 Å². The summed E-state index contributed by atoms with van der Waals surface area (Å²) in [6.07, 6.45) is 1.20. The third-order valence-corrected chi connectivity index (χ3v) is 3.90. The molecular weight excluding hydrogens is 248 g/mol. The van der Waals surface area contributed by atoms with Crippen LogP contribution in [0.1, 0.15) is 43.6 Å². The number of benzene rings is 1. The molecule has 3 nitrogen and oxygen atoms in total. The molecule has 0 spiro atoms. The van der Waals surface area contributed by atoms with Crippen LogP contribution in [0.2, 0.25) is 0 Å². The molecule has 0 saturated heterocycles. The van der Waals surface area contributed by atoms with Crippen LogP contribution in [-0.2, 0) is 19.4 Å². The van der Waals surface area contributed by atoms with E-state index in [-0.39, 0.29) is 12.0 Å². The number of rotatable bonds is 6. The van der Waals surface area contributed by atoms with Crippen molar-refractivity contribution in [3.8, 4) is 0 Å². The lowest BCUT2D eigenvalue weighted by molar-refractivity contribution is 0.147. The van der Waals surface area contributed by atoms with Crippen molar-refractivity contribution in [2.75, 3.05) is 0 Å². The molecule has 2 aromatic rings. The second-order valence-corrected chi connectivity index (χ2v) is 5.27. The predicted octanol–water partition coefficient (Wildman–Crippen LogP) is 3.17. The van der Waals surface area contributed by atoms with E-state index in [1.165, 1.54) is 5.56 Å². The average Bonchev–Trinajstić information content (AvgIpc) is 2.89. The molecular formula is C17H24N2O. The molecule has 1 aromatic heterocycles. The lowest BCUT2D eigenvalue weighted by Gasteiger charge is -2.19. The molecule has 0 saturated carbocycles. The van der Waals surface area contributed by atoms with Crippen molar-refractivity contribution in [3.63, 3.8) is 0 Å². The monoisotopic (exact) mass is 272 g/mol. The molecule has 2 atom stereocenters. The van der Waals surface area contributed by atoms with Crippen molar-refractivity contribution in [1.29, 1.82) is 0 Å². The van der Waals surface area contributed by atoms with Gasteiger partial charge in [0.1, 0.15) is 0 Å². The molecule has 0 aliphatic carbocycles. The Balaban J connectivity index is 2.11. The molecule has 3 heteroatoms. The zero-order chi connectivity index (χ0) is 14.5. The van der Waals surface area contributed by atoms with Crippen molar-refractivity contribution in [1.82, 2.24) is 9.78 Å². The lowest BCUT2D eigenvalue weighted by atomic mass is 9.92. The first-order valence-electron chi connectivity index (χ1n) is 7.44.